The zero-order chi connectivity index (χ0) is 23.1. The number of morpholine rings is 1. The summed E-state index contributed by atoms with van der Waals surface area (Å²) in [7, 11) is 1.74. The van der Waals surface area contributed by atoms with Crippen molar-refractivity contribution < 1.29 is 27.5 Å². The fourth-order valence-corrected chi connectivity index (χ4v) is 3.17. The highest BCUT2D eigenvalue weighted by molar-refractivity contribution is 6.00. The average molecular weight is 450 g/mol. The summed E-state index contributed by atoms with van der Waals surface area (Å²) in [6.07, 6.45) is -4.43. The van der Waals surface area contributed by atoms with E-state index < -0.39 is 17.8 Å². The van der Waals surface area contributed by atoms with Crippen molar-refractivity contribution in [2.45, 2.75) is 6.18 Å². The molecule has 7 nitrogen and oxygen atoms in total. The highest BCUT2D eigenvalue weighted by Crippen LogP contribution is 2.29. The molecule has 0 spiro atoms. The molecule has 0 saturated carbocycles. The van der Waals surface area contributed by atoms with Gasteiger partial charge in [-0.1, -0.05) is 0 Å². The molecule has 10 heteroatoms. The lowest BCUT2D eigenvalue weighted by molar-refractivity contribution is -0.137. The second-order valence-electron chi connectivity index (χ2n) is 7.41. The van der Waals surface area contributed by atoms with Gasteiger partial charge in [0.15, 0.2) is 0 Å². The van der Waals surface area contributed by atoms with E-state index in [-0.39, 0.29) is 11.6 Å². The Balaban J connectivity index is 1.48. The number of nitrogens with one attached hydrogen (secondary N) is 2. The van der Waals surface area contributed by atoms with Crippen LogP contribution in [0.3, 0.4) is 0 Å². The van der Waals surface area contributed by atoms with Gasteiger partial charge in [0.05, 0.1) is 18.8 Å². The van der Waals surface area contributed by atoms with Crippen molar-refractivity contribution >= 4 is 23.3 Å². The number of hydrogen-bond donors (Lipinski definition) is 2. The molecule has 0 aliphatic carbocycles. The summed E-state index contributed by atoms with van der Waals surface area (Å²) < 4.78 is 43.1. The summed E-state index contributed by atoms with van der Waals surface area (Å²) in [4.78, 5) is 28.6. The number of carbonyl (C=O) groups excluding carboxylic acids is 2. The van der Waals surface area contributed by atoms with Crippen LogP contribution in [0.2, 0.25) is 0 Å². The van der Waals surface area contributed by atoms with Gasteiger partial charge >= 0.3 is 12.2 Å². The molecule has 0 radical (unpaired) electrons. The number of likely N-dealkylation sites (N-methyl/N-ethyl adjacent to an activating group) is 1. The van der Waals surface area contributed by atoms with Crippen LogP contribution in [0.15, 0.2) is 48.5 Å². The number of urea groups is 1. The molecule has 172 valence electrons. The van der Waals surface area contributed by atoms with Gasteiger partial charge in [0.2, 0.25) is 0 Å². The maximum Gasteiger partial charge on any atom is 0.416 e. The summed E-state index contributed by atoms with van der Waals surface area (Å²) >= 11 is 0. The van der Waals surface area contributed by atoms with Gasteiger partial charge in [0, 0.05) is 50.2 Å². The van der Waals surface area contributed by atoms with Crippen LogP contribution in [0.1, 0.15) is 15.9 Å². The first kappa shape index (κ1) is 23.6. The number of hydrogen-bond acceptors (Lipinski definition) is 4. The van der Waals surface area contributed by atoms with Crippen LogP contribution in [0.5, 0.6) is 0 Å². The molecule has 0 atom stereocenters. The van der Waals surface area contributed by atoms with Gasteiger partial charge in [-0.15, -0.1) is 0 Å². The predicted octanol–water partition coefficient (Wildman–Crippen LogP) is 3.75. The van der Waals surface area contributed by atoms with E-state index in [1.807, 2.05) is 0 Å². The van der Waals surface area contributed by atoms with E-state index in [0.717, 1.165) is 31.8 Å². The summed E-state index contributed by atoms with van der Waals surface area (Å²) in [5, 5.41) is 5.05. The minimum Gasteiger partial charge on any atom is -0.379 e. The lowest BCUT2D eigenvalue weighted by Crippen LogP contribution is -2.41. The van der Waals surface area contributed by atoms with E-state index in [1.165, 1.54) is 12.1 Å². The SMILES string of the molecule is CN(CCN1CCOCC1)C(=O)c1ccc(NC(=O)Nc2ccc(C(F)(F)F)cc2)cc1. The Labute approximate surface area is 184 Å². The lowest BCUT2D eigenvalue weighted by Gasteiger charge is -2.28. The van der Waals surface area contributed by atoms with E-state index in [4.69, 9.17) is 4.74 Å². The number of alkyl halides is 3. The van der Waals surface area contributed by atoms with Crippen LogP contribution in [-0.2, 0) is 10.9 Å². The van der Waals surface area contributed by atoms with Gasteiger partial charge < -0.3 is 20.3 Å². The summed E-state index contributed by atoms with van der Waals surface area (Å²) in [6, 6.07) is 9.95. The van der Waals surface area contributed by atoms with Crippen molar-refractivity contribution in [3.8, 4) is 0 Å². The number of benzene rings is 2. The molecule has 1 heterocycles. The van der Waals surface area contributed by atoms with Gasteiger partial charge in [0.1, 0.15) is 0 Å². The van der Waals surface area contributed by atoms with Crippen molar-refractivity contribution in [3.05, 3.63) is 59.7 Å². The quantitative estimate of drug-likeness (QED) is 0.703. The minimum atomic E-state index is -4.43. The zero-order valence-electron chi connectivity index (χ0n) is 17.6. The molecule has 2 N–H and O–H groups in total. The van der Waals surface area contributed by atoms with E-state index >= 15 is 0 Å². The number of nitrogens with zero attached hydrogens (tertiary/aromatic N) is 2. The minimum absolute atomic E-state index is 0.126. The third kappa shape index (κ3) is 6.69. The van der Waals surface area contributed by atoms with Crippen molar-refractivity contribution in [2.75, 3.05) is 57.1 Å². The van der Waals surface area contributed by atoms with E-state index in [0.29, 0.717) is 31.0 Å². The Morgan fingerprint density at radius 2 is 1.50 bits per heavy atom. The van der Waals surface area contributed by atoms with Crippen molar-refractivity contribution in [3.63, 3.8) is 0 Å². The first-order valence-electron chi connectivity index (χ1n) is 10.1. The standard InChI is InChI=1S/C22H25F3N4O3/c1-28(10-11-29-12-14-32-15-13-29)20(30)16-2-6-18(7-3-16)26-21(31)27-19-8-4-17(5-9-19)22(23,24)25/h2-9H,10-15H2,1H3,(H2,26,27,31). The molecule has 3 amide bonds. The Morgan fingerprint density at radius 3 is 2.03 bits per heavy atom. The summed E-state index contributed by atoms with van der Waals surface area (Å²) in [6.45, 7) is 4.49. The number of ether oxygens (including phenoxy) is 1. The van der Waals surface area contributed by atoms with E-state index in [2.05, 4.69) is 15.5 Å². The van der Waals surface area contributed by atoms with Crippen LogP contribution < -0.4 is 10.6 Å². The second kappa shape index (κ2) is 10.5. The Bertz CT molecular complexity index is 912. The van der Waals surface area contributed by atoms with Crippen molar-refractivity contribution in [1.29, 1.82) is 0 Å². The highest BCUT2D eigenvalue weighted by atomic mass is 19.4. The van der Waals surface area contributed by atoms with Gasteiger partial charge in [-0.3, -0.25) is 9.69 Å². The lowest BCUT2D eigenvalue weighted by atomic mass is 10.2. The molecular formula is C22H25F3N4O3. The molecule has 1 aliphatic heterocycles. The van der Waals surface area contributed by atoms with Crippen LogP contribution in [0, 0.1) is 0 Å². The topological polar surface area (TPSA) is 73.9 Å². The number of amides is 3. The number of halogens is 3. The Morgan fingerprint density at radius 1 is 0.969 bits per heavy atom. The fourth-order valence-electron chi connectivity index (χ4n) is 3.17. The van der Waals surface area contributed by atoms with Crippen LogP contribution in [0.25, 0.3) is 0 Å². The zero-order valence-corrected chi connectivity index (χ0v) is 17.6. The molecular weight excluding hydrogens is 425 g/mol. The average Bonchev–Trinajstić information content (AvgIpc) is 2.78. The van der Waals surface area contributed by atoms with Gasteiger partial charge in [-0.2, -0.15) is 13.2 Å². The first-order chi connectivity index (χ1) is 15.2. The largest absolute Gasteiger partial charge is 0.416 e. The maximum absolute atomic E-state index is 12.6. The van der Waals surface area contributed by atoms with Crippen molar-refractivity contribution in [1.82, 2.24) is 9.80 Å². The molecule has 0 unspecified atom stereocenters. The molecule has 0 aromatic heterocycles. The number of carbonyl (C=O) groups is 2. The molecule has 2 aromatic carbocycles. The molecule has 1 aliphatic rings. The van der Waals surface area contributed by atoms with Crippen LogP contribution in [-0.4, -0.2) is 68.2 Å². The van der Waals surface area contributed by atoms with Crippen LogP contribution in [0.4, 0.5) is 29.3 Å². The Kier molecular flexibility index (Phi) is 7.70. The van der Waals surface area contributed by atoms with Crippen LogP contribution >= 0.6 is 0 Å². The highest BCUT2D eigenvalue weighted by Gasteiger charge is 2.30. The number of anilines is 2. The second-order valence-corrected chi connectivity index (χ2v) is 7.41. The van der Waals surface area contributed by atoms with E-state index in [9.17, 15) is 22.8 Å². The molecule has 2 aromatic rings. The smallest absolute Gasteiger partial charge is 0.379 e. The van der Waals surface area contributed by atoms with Gasteiger partial charge in [0.25, 0.3) is 5.91 Å². The normalized spacial score (nSPS) is 14.6. The first-order valence-corrected chi connectivity index (χ1v) is 10.1. The van der Waals surface area contributed by atoms with Gasteiger partial charge in [-0.05, 0) is 48.5 Å². The predicted molar refractivity (Wildman–Crippen MR) is 115 cm³/mol. The monoisotopic (exact) mass is 450 g/mol. The Hall–Kier alpha value is -3.11. The fraction of sp³-hybridized carbons (Fsp3) is 0.364. The molecule has 1 fully saturated rings. The summed E-state index contributed by atoms with van der Waals surface area (Å²) in [5.74, 6) is -0.126. The summed E-state index contributed by atoms with van der Waals surface area (Å²) in [5.41, 5.74) is 0.368. The molecule has 32 heavy (non-hydrogen) atoms. The molecule has 1 saturated heterocycles. The third-order valence-corrected chi connectivity index (χ3v) is 5.06. The van der Waals surface area contributed by atoms with Crippen molar-refractivity contribution in [2.24, 2.45) is 0 Å². The third-order valence-electron chi connectivity index (χ3n) is 5.06. The molecule has 3 rings (SSSR count). The maximum atomic E-state index is 12.6. The number of rotatable bonds is 6. The van der Waals surface area contributed by atoms with E-state index in [1.54, 1.807) is 36.2 Å². The molecule has 0 bridgehead atoms. The van der Waals surface area contributed by atoms with Gasteiger partial charge in [-0.25, -0.2) is 4.79 Å².